The third-order valence-corrected chi connectivity index (χ3v) is 2.44. The van der Waals surface area contributed by atoms with Crippen LogP contribution in [0.4, 0.5) is 17.6 Å². The monoisotopic (exact) mass is 286 g/mol. The molecule has 6 heteroatoms. The van der Waals surface area contributed by atoms with Crippen LogP contribution in [0.2, 0.25) is 0 Å². The van der Waals surface area contributed by atoms with Gasteiger partial charge in [0.05, 0.1) is 11.7 Å². The van der Waals surface area contributed by atoms with Crippen LogP contribution in [0.1, 0.15) is 17.2 Å². The van der Waals surface area contributed by atoms with Gasteiger partial charge in [0.25, 0.3) is 0 Å². The third-order valence-electron chi connectivity index (χ3n) is 1.83. The van der Waals surface area contributed by atoms with E-state index in [1.165, 1.54) is 0 Å². The van der Waals surface area contributed by atoms with E-state index in [-0.39, 0.29) is 10.9 Å². The molecule has 15 heavy (non-hydrogen) atoms. The second-order valence-corrected chi connectivity index (χ2v) is 3.55. The molecule has 1 atom stereocenters. The summed E-state index contributed by atoms with van der Waals surface area (Å²) < 4.78 is 49.5. The van der Waals surface area contributed by atoms with E-state index in [1.54, 1.807) is 0 Å². The Morgan fingerprint density at radius 3 is 2.33 bits per heavy atom. The standard InChI is InChI=1S/C9H7BrF4O/c10-4-8(15)5-1-2-6(7(11)3-5)9(12,13)14/h1-3,8,15H,4H2/t8-/m1/s1. The molecule has 0 heterocycles. The van der Waals surface area contributed by atoms with Crippen molar-refractivity contribution in [2.45, 2.75) is 12.3 Å². The lowest BCUT2D eigenvalue weighted by Crippen LogP contribution is -2.09. The van der Waals surface area contributed by atoms with Gasteiger partial charge in [-0.15, -0.1) is 0 Å². The number of aliphatic hydroxyl groups is 1. The molecule has 1 N–H and O–H groups in total. The van der Waals surface area contributed by atoms with Crippen molar-refractivity contribution in [3.05, 3.63) is 35.1 Å². The summed E-state index contributed by atoms with van der Waals surface area (Å²) in [7, 11) is 0. The Morgan fingerprint density at radius 1 is 1.33 bits per heavy atom. The molecule has 0 aliphatic rings. The normalized spacial score (nSPS) is 14.0. The molecule has 0 spiro atoms. The van der Waals surface area contributed by atoms with E-state index >= 15 is 0 Å². The minimum absolute atomic E-state index is 0.109. The number of halogens is 5. The molecule has 1 rings (SSSR count). The summed E-state index contributed by atoms with van der Waals surface area (Å²) in [5, 5.41) is 9.39. The molecule has 0 fully saturated rings. The van der Waals surface area contributed by atoms with E-state index in [0.717, 1.165) is 6.07 Å². The summed E-state index contributed by atoms with van der Waals surface area (Å²) in [4.78, 5) is 0. The van der Waals surface area contributed by atoms with Crippen LogP contribution in [0.15, 0.2) is 18.2 Å². The summed E-state index contributed by atoms with van der Waals surface area (Å²) in [6, 6.07) is 2.36. The molecule has 0 bridgehead atoms. The van der Waals surface area contributed by atoms with Crippen LogP contribution in [-0.4, -0.2) is 10.4 Å². The minimum Gasteiger partial charge on any atom is -0.388 e. The van der Waals surface area contributed by atoms with Crippen molar-refractivity contribution in [3.63, 3.8) is 0 Å². The first-order valence-electron chi connectivity index (χ1n) is 3.97. The van der Waals surface area contributed by atoms with Crippen LogP contribution in [-0.2, 0) is 6.18 Å². The first-order valence-corrected chi connectivity index (χ1v) is 5.09. The van der Waals surface area contributed by atoms with Crippen LogP contribution in [0.3, 0.4) is 0 Å². The van der Waals surface area contributed by atoms with Crippen molar-refractivity contribution >= 4 is 15.9 Å². The number of aliphatic hydroxyl groups excluding tert-OH is 1. The van der Waals surface area contributed by atoms with Crippen LogP contribution < -0.4 is 0 Å². The quantitative estimate of drug-likeness (QED) is 0.654. The number of hydrogen-bond acceptors (Lipinski definition) is 1. The van der Waals surface area contributed by atoms with Crippen molar-refractivity contribution in [2.24, 2.45) is 0 Å². The number of benzene rings is 1. The second kappa shape index (κ2) is 4.49. The highest BCUT2D eigenvalue weighted by Crippen LogP contribution is 2.32. The maximum absolute atomic E-state index is 13.0. The summed E-state index contributed by atoms with van der Waals surface area (Å²) in [5.41, 5.74) is -1.22. The molecule has 0 aliphatic heterocycles. The molecular formula is C9H7BrF4O. The van der Waals surface area contributed by atoms with Crippen LogP contribution in [0.25, 0.3) is 0 Å². The Labute approximate surface area is 91.9 Å². The van der Waals surface area contributed by atoms with E-state index in [9.17, 15) is 22.7 Å². The highest BCUT2D eigenvalue weighted by atomic mass is 79.9. The van der Waals surface area contributed by atoms with Crippen LogP contribution in [0.5, 0.6) is 0 Å². The Hall–Kier alpha value is -0.620. The molecule has 1 aromatic rings. The van der Waals surface area contributed by atoms with Gasteiger partial charge in [0, 0.05) is 5.33 Å². The molecule has 0 amide bonds. The SMILES string of the molecule is O[C@H](CBr)c1ccc(C(F)(F)F)c(F)c1. The predicted octanol–water partition coefficient (Wildman–Crippen LogP) is 3.27. The zero-order chi connectivity index (χ0) is 11.6. The Balaban J connectivity index is 3.09. The number of rotatable bonds is 2. The summed E-state index contributed by atoms with van der Waals surface area (Å²) in [6.45, 7) is 0. The van der Waals surface area contributed by atoms with E-state index in [0.29, 0.717) is 12.1 Å². The Bertz CT molecular complexity index is 350. The molecule has 0 radical (unpaired) electrons. The second-order valence-electron chi connectivity index (χ2n) is 2.91. The Kier molecular flexibility index (Phi) is 3.72. The molecule has 1 aromatic carbocycles. The van der Waals surface area contributed by atoms with Gasteiger partial charge in [0.2, 0.25) is 0 Å². The zero-order valence-electron chi connectivity index (χ0n) is 7.35. The van der Waals surface area contributed by atoms with Crippen molar-refractivity contribution < 1.29 is 22.7 Å². The molecule has 0 unspecified atom stereocenters. The molecular weight excluding hydrogens is 280 g/mol. The van der Waals surface area contributed by atoms with E-state index in [1.807, 2.05) is 0 Å². The summed E-state index contributed by atoms with van der Waals surface area (Å²) in [6.07, 6.45) is -5.72. The molecule has 0 saturated heterocycles. The summed E-state index contributed by atoms with van der Waals surface area (Å²) >= 11 is 2.94. The zero-order valence-corrected chi connectivity index (χ0v) is 8.94. The number of alkyl halides is 4. The van der Waals surface area contributed by atoms with Gasteiger partial charge in [-0.1, -0.05) is 22.0 Å². The highest BCUT2D eigenvalue weighted by Gasteiger charge is 2.34. The van der Waals surface area contributed by atoms with Gasteiger partial charge < -0.3 is 5.11 Å². The van der Waals surface area contributed by atoms with Gasteiger partial charge >= 0.3 is 6.18 Å². The van der Waals surface area contributed by atoms with E-state index < -0.39 is 23.7 Å². The first-order chi connectivity index (χ1) is 6.86. The van der Waals surface area contributed by atoms with Crippen molar-refractivity contribution in [3.8, 4) is 0 Å². The third kappa shape index (κ3) is 2.92. The Morgan fingerprint density at radius 2 is 1.93 bits per heavy atom. The maximum Gasteiger partial charge on any atom is 0.419 e. The number of hydrogen-bond donors (Lipinski definition) is 1. The molecule has 0 saturated carbocycles. The topological polar surface area (TPSA) is 20.2 Å². The van der Waals surface area contributed by atoms with Crippen molar-refractivity contribution in [1.82, 2.24) is 0 Å². The maximum atomic E-state index is 13.0. The van der Waals surface area contributed by atoms with Gasteiger partial charge in [0.15, 0.2) is 0 Å². The van der Waals surface area contributed by atoms with Crippen molar-refractivity contribution in [2.75, 3.05) is 5.33 Å². The predicted molar refractivity (Wildman–Crippen MR) is 50.2 cm³/mol. The molecule has 84 valence electrons. The van der Waals surface area contributed by atoms with Crippen LogP contribution >= 0.6 is 15.9 Å². The largest absolute Gasteiger partial charge is 0.419 e. The lowest BCUT2D eigenvalue weighted by Gasteiger charge is -2.11. The van der Waals surface area contributed by atoms with E-state index in [2.05, 4.69) is 15.9 Å². The fourth-order valence-electron chi connectivity index (χ4n) is 1.06. The fourth-order valence-corrected chi connectivity index (χ4v) is 1.43. The van der Waals surface area contributed by atoms with Gasteiger partial charge in [-0.25, -0.2) is 4.39 Å². The van der Waals surface area contributed by atoms with Gasteiger partial charge in [-0.2, -0.15) is 13.2 Å². The average Bonchev–Trinajstić information content (AvgIpc) is 2.14. The molecule has 1 nitrogen and oxygen atoms in total. The lowest BCUT2D eigenvalue weighted by molar-refractivity contribution is -0.140. The fraction of sp³-hybridized carbons (Fsp3) is 0.333. The smallest absolute Gasteiger partial charge is 0.388 e. The lowest BCUT2D eigenvalue weighted by atomic mass is 10.1. The van der Waals surface area contributed by atoms with Gasteiger partial charge in [0.1, 0.15) is 5.82 Å². The first kappa shape index (κ1) is 12.4. The van der Waals surface area contributed by atoms with Crippen molar-refractivity contribution in [1.29, 1.82) is 0 Å². The summed E-state index contributed by atoms with van der Waals surface area (Å²) in [5.74, 6) is -1.37. The van der Waals surface area contributed by atoms with Gasteiger partial charge in [-0.3, -0.25) is 0 Å². The van der Waals surface area contributed by atoms with Gasteiger partial charge in [-0.05, 0) is 17.7 Å². The molecule has 0 aromatic heterocycles. The highest BCUT2D eigenvalue weighted by molar-refractivity contribution is 9.09. The average molecular weight is 287 g/mol. The van der Waals surface area contributed by atoms with E-state index in [4.69, 9.17) is 0 Å². The molecule has 0 aliphatic carbocycles. The van der Waals surface area contributed by atoms with Crippen LogP contribution in [0, 0.1) is 5.82 Å². The minimum atomic E-state index is -4.71.